The van der Waals surface area contributed by atoms with Crippen LogP contribution in [0.15, 0.2) is 47.4 Å². The van der Waals surface area contributed by atoms with E-state index < -0.39 is 16.1 Å². The van der Waals surface area contributed by atoms with E-state index >= 15 is 0 Å². The van der Waals surface area contributed by atoms with Gasteiger partial charge in [0, 0.05) is 33.1 Å². The van der Waals surface area contributed by atoms with E-state index in [0.29, 0.717) is 0 Å². The molecule has 1 aliphatic heterocycles. The van der Waals surface area contributed by atoms with Crippen molar-refractivity contribution in [1.82, 2.24) is 14.5 Å². The minimum absolute atomic E-state index is 0.0913. The van der Waals surface area contributed by atoms with Crippen LogP contribution in [0.5, 0.6) is 5.75 Å². The van der Waals surface area contributed by atoms with Gasteiger partial charge in [0.05, 0.1) is 12.5 Å². The number of benzene rings is 2. The number of aryl methyl sites for hydroxylation is 2. The fourth-order valence-electron chi connectivity index (χ4n) is 3.74. The summed E-state index contributed by atoms with van der Waals surface area (Å²) in [5.74, 6) is -0.664. The fourth-order valence-corrected chi connectivity index (χ4v) is 5.33. The lowest BCUT2D eigenvalue weighted by Crippen LogP contribution is -2.51. The fraction of sp³-hybridized carbons (Fsp3) is 0.391. The lowest BCUT2D eigenvalue weighted by molar-refractivity contribution is -0.133. The zero-order valence-electron chi connectivity index (χ0n) is 18.5. The van der Waals surface area contributed by atoms with Crippen LogP contribution >= 0.6 is 0 Å². The summed E-state index contributed by atoms with van der Waals surface area (Å²) in [7, 11) is -3.86. The maximum absolute atomic E-state index is 13.0. The third kappa shape index (κ3) is 5.46. The highest BCUT2D eigenvalue weighted by Crippen LogP contribution is 2.28. The molecule has 172 valence electrons. The number of rotatable bonds is 6. The van der Waals surface area contributed by atoms with Gasteiger partial charge in [-0.15, -0.1) is 0 Å². The Labute approximate surface area is 188 Å². The average molecular weight is 460 g/mol. The smallest absolute Gasteiger partial charge is 0.246 e. The molecule has 0 aliphatic carbocycles. The molecule has 32 heavy (non-hydrogen) atoms. The molecule has 0 radical (unpaired) electrons. The molecule has 1 unspecified atom stereocenters. The van der Waals surface area contributed by atoms with E-state index in [9.17, 15) is 23.1 Å². The second-order valence-electron chi connectivity index (χ2n) is 8.12. The monoisotopic (exact) mass is 459 g/mol. The van der Waals surface area contributed by atoms with Gasteiger partial charge >= 0.3 is 0 Å². The summed E-state index contributed by atoms with van der Waals surface area (Å²) in [6, 6.07) is 11.6. The zero-order chi connectivity index (χ0) is 23.5. The summed E-state index contributed by atoms with van der Waals surface area (Å²) in [6.45, 7) is 5.89. The van der Waals surface area contributed by atoms with Crippen molar-refractivity contribution in [2.24, 2.45) is 0 Å². The number of nitrogens with one attached hydrogen (secondary N) is 1. The molecule has 0 saturated carbocycles. The second-order valence-corrected chi connectivity index (χ2v) is 10.0. The summed E-state index contributed by atoms with van der Waals surface area (Å²) < 4.78 is 27.2. The molecule has 1 heterocycles. The first-order chi connectivity index (χ1) is 15.1. The number of carbonyl (C=O) groups excluding carboxylic acids is 2. The van der Waals surface area contributed by atoms with Crippen LogP contribution in [0.25, 0.3) is 0 Å². The number of sulfonamides is 1. The Morgan fingerprint density at radius 2 is 1.59 bits per heavy atom. The minimum Gasteiger partial charge on any atom is -0.507 e. The van der Waals surface area contributed by atoms with E-state index in [2.05, 4.69) is 5.32 Å². The van der Waals surface area contributed by atoms with Crippen molar-refractivity contribution in [2.45, 2.75) is 38.1 Å². The van der Waals surface area contributed by atoms with Crippen molar-refractivity contribution in [3.05, 3.63) is 59.2 Å². The molecule has 0 bridgehead atoms. The molecule has 1 aliphatic rings. The van der Waals surface area contributed by atoms with E-state index in [0.717, 1.165) is 16.7 Å². The van der Waals surface area contributed by atoms with Crippen molar-refractivity contribution in [3.63, 3.8) is 0 Å². The number of carbonyl (C=O) groups is 2. The zero-order valence-corrected chi connectivity index (χ0v) is 19.4. The third-order valence-electron chi connectivity index (χ3n) is 5.56. The number of amides is 2. The Bertz CT molecular complexity index is 1090. The van der Waals surface area contributed by atoms with E-state index in [1.54, 1.807) is 17.9 Å². The van der Waals surface area contributed by atoms with Crippen molar-refractivity contribution in [3.8, 4) is 5.75 Å². The summed E-state index contributed by atoms with van der Waals surface area (Å²) in [6.07, 6.45) is 0.0913. The van der Waals surface area contributed by atoms with Crippen LogP contribution in [-0.4, -0.2) is 60.7 Å². The molecule has 2 aromatic carbocycles. The molecule has 1 saturated heterocycles. The summed E-state index contributed by atoms with van der Waals surface area (Å²) in [4.78, 5) is 26.1. The van der Waals surface area contributed by atoms with Gasteiger partial charge in [-0.3, -0.25) is 9.59 Å². The minimum atomic E-state index is -3.86. The summed E-state index contributed by atoms with van der Waals surface area (Å²) >= 11 is 0. The number of hydrogen-bond acceptors (Lipinski definition) is 5. The van der Waals surface area contributed by atoms with Crippen molar-refractivity contribution >= 4 is 21.8 Å². The highest BCUT2D eigenvalue weighted by atomic mass is 32.2. The molecule has 8 nitrogen and oxygen atoms in total. The predicted molar refractivity (Wildman–Crippen MR) is 121 cm³/mol. The number of piperazine rings is 1. The van der Waals surface area contributed by atoms with Gasteiger partial charge in [-0.2, -0.15) is 4.31 Å². The molecular formula is C23H29N3O5S. The van der Waals surface area contributed by atoms with Gasteiger partial charge < -0.3 is 15.3 Å². The number of aromatic hydroxyl groups is 1. The summed E-state index contributed by atoms with van der Waals surface area (Å²) in [5.41, 5.74) is 2.66. The lowest BCUT2D eigenvalue weighted by Gasteiger charge is -2.35. The van der Waals surface area contributed by atoms with Crippen LogP contribution < -0.4 is 5.32 Å². The maximum atomic E-state index is 13.0. The van der Waals surface area contributed by atoms with Crippen LogP contribution in [0.4, 0.5) is 0 Å². The van der Waals surface area contributed by atoms with Gasteiger partial charge in [-0.25, -0.2) is 8.42 Å². The van der Waals surface area contributed by atoms with E-state index in [1.165, 1.54) is 23.4 Å². The van der Waals surface area contributed by atoms with Crippen LogP contribution in [0.1, 0.15) is 36.1 Å². The lowest BCUT2D eigenvalue weighted by atomic mass is 10.0. The molecule has 0 aromatic heterocycles. The molecule has 0 spiro atoms. The molecular weight excluding hydrogens is 430 g/mol. The Kier molecular flexibility index (Phi) is 7.20. The molecule has 2 N–H and O–H groups in total. The highest BCUT2D eigenvalue weighted by molar-refractivity contribution is 7.89. The standard InChI is InChI=1S/C23H29N3O5S/c1-16-4-7-19(8-5-16)20(24-18(3)27)15-23(29)25-10-12-26(13-11-25)32(30,31)22-14-17(2)6-9-21(22)28/h4-9,14,20,28H,10-13,15H2,1-3H3,(H,24,27). The van der Waals surface area contributed by atoms with Crippen molar-refractivity contribution in [1.29, 1.82) is 0 Å². The third-order valence-corrected chi connectivity index (χ3v) is 7.49. The topological polar surface area (TPSA) is 107 Å². The molecule has 3 rings (SSSR count). The summed E-state index contributed by atoms with van der Waals surface area (Å²) in [5, 5.41) is 12.9. The van der Waals surface area contributed by atoms with Gasteiger partial charge in [0.15, 0.2) is 0 Å². The number of nitrogens with zero attached hydrogens (tertiary/aromatic N) is 2. The van der Waals surface area contributed by atoms with Gasteiger partial charge in [0.25, 0.3) is 0 Å². The number of phenols is 1. The Hall–Kier alpha value is -2.91. The highest BCUT2D eigenvalue weighted by Gasteiger charge is 2.32. The Morgan fingerprint density at radius 3 is 2.19 bits per heavy atom. The molecule has 1 atom stereocenters. The number of hydrogen-bond donors (Lipinski definition) is 2. The average Bonchev–Trinajstić information content (AvgIpc) is 2.75. The van der Waals surface area contributed by atoms with Gasteiger partial charge in [-0.1, -0.05) is 35.9 Å². The van der Waals surface area contributed by atoms with E-state index in [1.807, 2.05) is 31.2 Å². The SMILES string of the molecule is CC(=O)NC(CC(=O)N1CCN(S(=O)(=O)c2cc(C)ccc2O)CC1)c1ccc(C)cc1. The first kappa shape index (κ1) is 23.7. The van der Waals surface area contributed by atoms with Gasteiger partial charge in [0.1, 0.15) is 10.6 Å². The molecule has 9 heteroatoms. The second kappa shape index (κ2) is 9.70. The first-order valence-electron chi connectivity index (χ1n) is 10.5. The molecule has 2 amide bonds. The predicted octanol–water partition coefficient (Wildman–Crippen LogP) is 2.11. The Morgan fingerprint density at radius 1 is 1.00 bits per heavy atom. The van der Waals surface area contributed by atoms with Crippen LogP contribution in [0, 0.1) is 13.8 Å². The normalized spacial score (nSPS) is 15.9. The van der Waals surface area contributed by atoms with Crippen LogP contribution in [-0.2, 0) is 19.6 Å². The van der Waals surface area contributed by atoms with Gasteiger partial charge in [0.2, 0.25) is 21.8 Å². The molecule has 1 fully saturated rings. The largest absolute Gasteiger partial charge is 0.507 e. The van der Waals surface area contributed by atoms with Crippen molar-refractivity contribution in [2.75, 3.05) is 26.2 Å². The van der Waals surface area contributed by atoms with Crippen LogP contribution in [0.3, 0.4) is 0 Å². The van der Waals surface area contributed by atoms with Crippen molar-refractivity contribution < 1.29 is 23.1 Å². The number of phenolic OH excluding ortho intramolecular Hbond substituents is 1. The van der Waals surface area contributed by atoms with E-state index in [-0.39, 0.29) is 55.1 Å². The van der Waals surface area contributed by atoms with E-state index in [4.69, 9.17) is 0 Å². The molecule has 2 aromatic rings. The van der Waals surface area contributed by atoms with Gasteiger partial charge in [-0.05, 0) is 37.1 Å². The van der Waals surface area contributed by atoms with Crippen LogP contribution in [0.2, 0.25) is 0 Å². The first-order valence-corrected chi connectivity index (χ1v) is 11.9. The maximum Gasteiger partial charge on any atom is 0.246 e. The Balaban J connectivity index is 1.67. The quantitative estimate of drug-likeness (QED) is 0.688.